The number of nitrogens with zero attached hydrogens (tertiary/aromatic N) is 2. The third-order valence-corrected chi connectivity index (χ3v) is 3.71. The molecule has 1 aromatic heterocycles. The minimum atomic E-state index is -1.11. The molecule has 1 heterocycles. The first-order valence-electron chi connectivity index (χ1n) is 7.35. The van der Waals surface area contributed by atoms with Crippen molar-refractivity contribution in [2.45, 2.75) is 65.1 Å². The number of ether oxygens (including phenoxy) is 1. The Hall–Kier alpha value is -1.90. The summed E-state index contributed by atoms with van der Waals surface area (Å²) in [4.78, 5) is 34.2. The summed E-state index contributed by atoms with van der Waals surface area (Å²) in [6.45, 7) is 7.36. The molecule has 8 nitrogen and oxygen atoms in total. The summed E-state index contributed by atoms with van der Waals surface area (Å²) >= 11 is 0.904. The fourth-order valence-corrected chi connectivity index (χ4v) is 2.55. The van der Waals surface area contributed by atoms with Gasteiger partial charge in [-0.05, 0) is 47.0 Å². The number of alkyl carbamates (subject to hydrolysis) is 1. The van der Waals surface area contributed by atoms with Gasteiger partial charge >= 0.3 is 16.9 Å². The predicted octanol–water partition coefficient (Wildman–Crippen LogP) is 1.76. The number of carbonyl (C=O) groups excluding carboxylic acids is 1. The zero-order chi connectivity index (χ0) is 17.6. The molecule has 0 spiro atoms. The molecular formula is C14H23N3O5S. The number of hydrogen-bond acceptors (Lipinski definition) is 6. The highest BCUT2D eigenvalue weighted by Crippen LogP contribution is 2.09. The predicted molar refractivity (Wildman–Crippen MR) is 85.8 cm³/mol. The van der Waals surface area contributed by atoms with E-state index in [0.29, 0.717) is 25.2 Å². The van der Waals surface area contributed by atoms with Crippen molar-refractivity contribution in [3.63, 3.8) is 0 Å². The van der Waals surface area contributed by atoms with E-state index in [1.165, 1.54) is 0 Å². The average Bonchev–Trinajstić information content (AvgIpc) is 2.71. The van der Waals surface area contributed by atoms with Crippen LogP contribution in [0.25, 0.3) is 0 Å². The second-order valence-electron chi connectivity index (χ2n) is 6.18. The minimum Gasteiger partial charge on any atom is -0.480 e. The minimum absolute atomic E-state index is 0.121. The van der Waals surface area contributed by atoms with Gasteiger partial charge < -0.3 is 15.2 Å². The van der Waals surface area contributed by atoms with Gasteiger partial charge in [0.25, 0.3) is 0 Å². The van der Waals surface area contributed by atoms with Crippen LogP contribution in [0.15, 0.2) is 4.79 Å². The monoisotopic (exact) mass is 345 g/mol. The van der Waals surface area contributed by atoms with Crippen LogP contribution in [0.2, 0.25) is 0 Å². The van der Waals surface area contributed by atoms with E-state index in [1.54, 1.807) is 32.3 Å². The fourth-order valence-electron chi connectivity index (χ4n) is 1.91. The molecule has 0 aliphatic rings. The summed E-state index contributed by atoms with van der Waals surface area (Å²) in [7, 11) is 0. The molecule has 0 saturated heterocycles. The van der Waals surface area contributed by atoms with Crippen molar-refractivity contribution >= 4 is 23.6 Å². The molecule has 2 N–H and O–H groups in total. The molecule has 0 fully saturated rings. The lowest BCUT2D eigenvalue weighted by molar-refractivity contribution is -0.139. The zero-order valence-electron chi connectivity index (χ0n) is 13.8. The first-order valence-corrected chi connectivity index (χ1v) is 8.13. The van der Waals surface area contributed by atoms with Gasteiger partial charge in [0.1, 0.15) is 17.5 Å². The quantitative estimate of drug-likeness (QED) is 0.729. The lowest BCUT2D eigenvalue weighted by atomic mass is 10.1. The topological polar surface area (TPSA) is 111 Å². The van der Waals surface area contributed by atoms with E-state index in [4.69, 9.17) is 9.84 Å². The number of carboxylic acids is 1. The number of rotatable bonds is 7. The molecule has 0 bridgehead atoms. The van der Waals surface area contributed by atoms with E-state index in [-0.39, 0.29) is 11.3 Å². The van der Waals surface area contributed by atoms with Gasteiger partial charge in [0.2, 0.25) is 0 Å². The van der Waals surface area contributed by atoms with Gasteiger partial charge in [-0.2, -0.15) is 4.37 Å². The smallest absolute Gasteiger partial charge is 0.408 e. The molecule has 0 unspecified atom stereocenters. The second-order valence-corrected chi connectivity index (χ2v) is 6.89. The van der Waals surface area contributed by atoms with E-state index in [1.807, 2.05) is 0 Å². The molecule has 0 aliphatic carbocycles. The van der Waals surface area contributed by atoms with E-state index >= 15 is 0 Å². The summed E-state index contributed by atoms with van der Waals surface area (Å²) in [5, 5.41) is 11.5. The lowest BCUT2D eigenvalue weighted by Crippen LogP contribution is -2.43. The Balaban J connectivity index is 2.43. The van der Waals surface area contributed by atoms with Crippen LogP contribution in [0.1, 0.15) is 45.9 Å². The molecular weight excluding hydrogens is 322 g/mol. The van der Waals surface area contributed by atoms with Crippen molar-refractivity contribution in [1.29, 1.82) is 0 Å². The van der Waals surface area contributed by atoms with Gasteiger partial charge in [0.15, 0.2) is 0 Å². The van der Waals surface area contributed by atoms with Crippen LogP contribution in [0.5, 0.6) is 0 Å². The number of aliphatic carboxylic acids is 1. The molecule has 1 amide bonds. The van der Waals surface area contributed by atoms with Gasteiger partial charge in [0, 0.05) is 18.1 Å². The maximum atomic E-state index is 11.6. The Morgan fingerprint density at radius 1 is 1.39 bits per heavy atom. The molecule has 130 valence electrons. The number of aryl methyl sites for hydroxylation is 1. The summed E-state index contributed by atoms with van der Waals surface area (Å²) in [5.74, 6) is -0.455. The van der Waals surface area contributed by atoms with Crippen LogP contribution in [0.4, 0.5) is 4.79 Å². The van der Waals surface area contributed by atoms with Crippen molar-refractivity contribution in [2.24, 2.45) is 0 Å². The van der Waals surface area contributed by atoms with Crippen molar-refractivity contribution in [2.75, 3.05) is 0 Å². The molecule has 0 aliphatic heterocycles. The van der Waals surface area contributed by atoms with Gasteiger partial charge in [-0.25, -0.2) is 9.59 Å². The normalized spacial score (nSPS) is 12.7. The Morgan fingerprint density at radius 2 is 2.04 bits per heavy atom. The highest BCUT2D eigenvalue weighted by Gasteiger charge is 2.23. The standard InChI is InChI=1S/C14H23N3O5S/c1-9-16-23-13(21)17(9)8-6-5-7-10(11(18)19)15-12(20)22-14(2,3)4/h10H,5-8H2,1-4H3,(H,15,20)(H,18,19)/t10-/m0/s1. The number of carbonyl (C=O) groups is 2. The number of aromatic nitrogens is 2. The van der Waals surface area contributed by atoms with E-state index in [2.05, 4.69) is 9.69 Å². The van der Waals surface area contributed by atoms with Crippen LogP contribution in [-0.2, 0) is 16.1 Å². The molecule has 0 radical (unpaired) electrons. The second kappa shape index (κ2) is 8.09. The van der Waals surface area contributed by atoms with Crippen molar-refractivity contribution in [3.05, 3.63) is 15.5 Å². The van der Waals surface area contributed by atoms with Crippen LogP contribution < -0.4 is 10.2 Å². The molecule has 23 heavy (non-hydrogen) atoms. The summed E-state index contributed by atoms with van der Waals surface area (Å²) in [6.07, 6.45) is 0.687. The maximum absolute atomic E-state index is 11.6. The highest BCUT2D eigenvalue weighted by molar-refractivity contribution is 7.02. The largest absolute Gasteiger partial charge is 0.480 e. The van der Waals surface area contributed by atoms with E-state index in [9.17, 15) is 14.4 Å². The van der Waals surface area contributed by atoms with Crippen molar-refractivity contribution in [3.8, 4) is 0 Å². The Kier molecular flexibility index (Phi) is 6.74. The Morgan fingerprint density at radius 3 is 2.52 bits per heavy atom. The third-order valence-electron chi connectivity index (χ3n) is 2.98. The first-order chi connectivity index (χ1) is 10.6. The Labute approximate surface area is 138 Å². The fraction of sp³-hybridized carbons (Fsp3) is 0.714. The van der Waals surface area contributed by atoms with E-state index < -0.39 is 23.7 Å². The molecule has 0 aromatic carbocycles. The molecule has 1 rings (SSSR count). The maximum Gasteiger partial charge on any atom is 0.408 e. The molecule has 1 aromatic rings. The van der Waals surface area contributed by atoms with Crippen LogP contribution in [0.3, 0.4) is 0 Å². The number of nitrogens with one attached hydrogen (secondary N) is 1. The first kappa shape index (κ1) is 19.1. The molecule has 1 atom stereocenters. The SMILES string of the molecule is Cc1nsc(=O)n1CCCC[C@H](NC(=O)OC(C)(C)C)C(=O)O. The van der Waals surface area contributed by atoms with Gasteiger partial charge in [-0.3, -0.25) is 9.36 Å². The summed E-state index contributed by atoms with van der Waals surface area (Å²) in [6, 6.07) is -1.01. The van der Waals surface area contributed by atoms with Crippen LogP contribution in [0, 0.1) is 6.92 Å². The number of hydrogen-bond donors (Lipinski definition) is 2. The van der Waals surface area contributed by atoms with E-state index in [0.717, 1.165) is 11.5 Å². The number of unbranched alkanes of at least 4 members (excludes halogenated alkanes) is 1. The number of carboxylic acid groups (broad SMARTS) is 1. The van der Waals surface area contributed by atoms with Crippen molar-refractivity contribution < 1.29 is 19.4 Å². The average molecular weight is 345 g/mol. The van der Waals surface area contributed by atoms with Crippen LogP contribution >= 0.6 is 11.5 Å². The van der Waals surface area contributed by atoms with Gasteiger partial charge in [-0.15, -0.1) is 0 Å². The highest BCUT2D eigenvalue weighted by atomic mass is 32.1. The number of amides is 1. The summed E-state index contributed by atoms with van der Waals surface area (Å²) < 4.78 is 10.6. The third kappa shape index (κ3) is 6.81. The van der Waals surface area contributed by atoms with Crippen molar-refractivity contribution in [1.82, 2.24) is 14.3 Å². The van der Waals surface area contributed by atoms with Crippen LogP contribution in [-0.4, -0.2) is 37.8 Å². The Bertz CT molecular complexity index is 602. The lowest BCUT2D eigenvalue weighted by Gasteiger charge is -2.22. The summed E-state index contributed by atoms with van der Waals surface area (Å²) in [5.41, 5.74) is -0.683. The van der Waals surface area contributed by atoms with Gasteiger partial charge in [0.05, 0.1) is 0 Å². The molecule has 9 heteroatoms. The van der Waals surface area contributed by atoms with Gasteiger partial charge in [-0.1, -0.05) is 0 Å². The zero-order valence-corrected chi connectivity index (χ0v) is 14.6. The molecule has 0 saturated carbocycles.